The van der Waals surface area contributed by atoms with Crippen LogP contribution in [0, 0.1) is 37.7 Å². The first-order valence-electron chi connectivity index (χ1n) is 1.58. The molecule has 1 heterocycles. The number of H-pyrrole nitrogens is 1. The van der Waals surface area contributed by atoms with Crippen molar-refractivity contribution >= 4 is 0 Å². The smallest absolute Gasteiger partial charge is 0.000496 e. The average molecular weight is 107 g/mol. The molecule has 0 saturated heterocycles. The fourth-order valence-corrected chi connectivity index (χ4v) is 0.278. The minimum absolute atomic E-state index is 0. The molecule has 1 aromatic heterocycles. The molecule has 1 rings (SSSR count). The van der Waals surface area contributed by atoms with Crippen molar-refractivity contribution < 1.29 is 37.7 Å². The van der Waals surface area contributed by atoms with E-state index in [1.165, 1.54) is 0 Å². The molecule has 0 aromatic carbocycles. The van der Waals surface area contributed by atoms with Crippen molar-refractivity contribution in [2.75, 3.05) is 0 Å². The summed E-state index contributed by atoms with van der Waals surface area (Å²) in [5.41, 5.74) is 0. The molecule has 0 fully saturated rings. The molecule has 34 valence electrons. The quantitative estimate of drug-likeness (QED) is 0.509. The molecular weight excluding hydrogens is 102 g/mol. The molecule has 0 spiro atoms. The van der Waals surface area contributed by atoms with E-state index >= 15 is 0 Å². The summed E-state index contributed by atoms with van der Waals surface area (Å²) in [6.45, 7) is 0. The summed E-state index contributed by atoms with van der Waals surface area (Å²) < 4.78 is 0. The predicted octanol–water partition coefficient (Wildman–Crippen LogP) is 1.01. The van der Waals surface area contributed by atoms with Crippen molar-refractivity contribution in [2.24, 2.45) is 0 Å². The molecule has 1 aromatic rings. The third-order valence-electron chi connectivity index (χ3n) is 0.496. The van der Waals surface area contributed by atoms with E-state index < -0.39 is 0 Å². The van der Waals surface area contributed by atoms with Gasteiger partial charge in [0.05, 0.1) is 0 Å². The maximum atomic E-state index is 2.86. The molecule has 0 amide bonds. The van der Waals surface area contributed by atoms with Gasteiger partial charge >= 0.3 is 0 Å². The van der Waals surface area contributed by atoms with Crippen LogP contribution >= 0.6 is 0 Å². The summed E-state index contributed by atoms with van der Waals surface area (Å²) in [5.74, 6) is 0. The Morgan fingerprint density at radius 1 is 1.00 bits per heavy atom. The molecule has 0 aliphatic rings. The molecule has 0 unspecified atom stereocenters. The van der Waals surface area contributed by atoms with Crippen molar-refractivity contribution in [1.29, 1.82) is 0 Å². The van der Waals surface area contributed by atoms with Crippen LogP contribution in [-0.4, -0.2) is 4.98 Å². The van der Waals surface area contributed by atoms with Gasteiger partial charge in [-0.1, -0.05) is 0 Å². The van der Waals surface area contributed by atoms with Crippen molar-refractivity contribution in [2.45, 2.75) is 0 Å². The molecule has 0 radical (unpaired) electrons. The van der Waals surface area contributed by atoms with Gasteiger partial charge in [-0.15, -0.1) is 0 Å². The summed E-state index contributed by atoms with van der Waals surface area (Å²) in [7, 11) is 0. The van der Waals surface area contributed by atoms with Crippen LogP contribution in [-0.2, 0) is 0 Å². The summed E-state index contributed by atoms with van der Waals surface area (Å²) in [6.07, 6.45) is 3.75. The van der Waals surface area contributed by atoms with Gasteiger partial charge in [-0.05, 0) is 12.1 Å². The molecule has 0 bridgehead atoms. The molecule has 1 N–H and O–H groups in total. The van der Waals surface area contributed by atoms with Gasteiger partial charge < -0.3 is 4.98 Å². The van der Waals surface area contributed by atoms with Gasteiger partial charge in [0.15, 0.2) is 0 Å². The Bertz CT molecular complexity index is 64.0. The van der Waals surface area contributed by atoms with E-state index in [4.69, 9.17) is 0 Å². The van der Waals surface area contributed by atoms with Crippen LogP contribution in [0.25, 0.3) is 0 Å². The first-order chi connectivity index (χ1) is 2.50. The van der Waals surface area contributed by atoms with E-state index in [2.05, 4.69) is 4.98 Å². The van der Waals surface area contributed by atoms with E-state index in [1.807, 2.05) is 24.5 Å². The number of nitrogens with one attached hydrogen (secondary N) is 1. The van der Waals surface area contributed by atoms with Gasteiger partial charge in [-0.2, -0.15) is 0 Å². The fraction of sp³-hybridized carbons (Fsp3) is 0. The van der Waals surface area contributed by atoms with E-state index in [-0.39, 0.29) is 37.7 Å². The Morgan fingerprint density at radius 3 is 1.67 bits per heavy atom. The summed E-state index contributed by atoms with van der Waals surface area (Å²) in [4.78, 5) is 2.86. The van der Waals surface area contributed by atoms with Gasteiger partial charge in [0, 0.05) is 50.1 Å². The molecule has 2 heteroatoms. The van der Waals surface area contributed by atoms with E-state index in [0.29, 0.717) is 0 Å². The van der Waals surface area contributed by atoms with Crippen molar-refractivity contribution in [1.82, 2.24) is 4.98 Å². The zero-order valence-electron chi connectivity index (χ0n) is 3.16. The number of hydrogen-bond acceptors (Lipinski definition) is 0. The molecule has 0 aliphatic heterocycles. The van der Waals surface area contributed by atoms with Crippen LogP contribution in [0.1, 0.15) is 0 Å². The maximum absolute atomic E-state index is 2.86. The normalized spacial score (nSPS) is 6.67. The van der Waals surface area contributed by atoms with Crippen LogP contribution in [0.3, 0.4) is 0 Å². The first kappa shape index (κ1) is 6.54. The predicted molar refractivity (Wildman–Crippen MR) is 20.8 cm³/mol. The maximum Gasteiger partial charge on any atom is 0.000496 e. The molecule has 0 aliphatic carbocycles. The topological polar surface area (TPSA) is 15.8 Å². The summed E-state index contributed by atoms with van der Waals surface area (Å²) in [5, 5.41) is 0. The van der Waals surface area contributed by atoms with Crippen LogP contribution < -0.4 is 0 Å². The number of aromatic amines is 1. The largest absolute Gasteiger partial charge is 0.368 e. The Kier molecular flexibility index (Phi) is 4.05. The third-order valence-corrected chi connectivity index (χ3v) is 0.496. The third kappa shape index (κ3) is 1.85. The molecular formula is C4H5ArN. The SMILES string of the molecule is [Ar].c1cc[nH]c1. The second kappa shape index (κ2) is 3.72. The number of aromatic nitrogens is 1. The van der Waals surface area contributed by atoms with Gasteiger partial charge in [-0.25, -0.2) is 0 Å². The van der Waals surface area contributed by atoms with Crippen molar-refractivity contribution in [3.8, 4) is 0 Å². The molecule has 0 saturated carbocycles. The van der Waals surface area contributed by atoms with E-state index in [1.54, 1.807) is 0 Å². The van der Waals surface area contributed by atoms with Gasteiger partial charge in [0.25, 0.3) is 0 Å². The van der Waals surface area contributed by atoms with Crippen LogP contribution in [0.4, 0.5) is 0 Å². The van der Waals surface area contributed by atoms with Crippen LogP contribution in [0.5, 0.6) is 0 Å². The van der Waals surface area contributed by atoms with Crippen molar-refractivity contribution in [3.63, 3.8) is 0 Å². The van der Waals surface area contributed by atoms with Crippen LogP contribution in [0.15, 0.2) is 24.5 Å². The molecule has 0 atom stereocenters. The Labute approximate surface area is 66.8 Å². The van der Waals surface area contributed by atoms with Crippen LogP contribution in [0.2, 0.25) is 0 Å². The minimum atomic E-state index is 0. The minimum Gasteiger partial charge on any atom is -0.368 e. The molecule has 1 nitrogen and oxygen atoms in total. The zero-order valence-corrected chi connectivity index (χ0v) is 3.87. The van der Waals surface area contributed by atoms with Gasteiger partial charge in [0.2, 0.25) is 0 Å². The number of rotatable bonds is 0. The van der Waals surface area contributed by atoms with Gasteiger partial charge in [0.1, 0.15) is 0 Å². The second-order valence-corrected chi connectivity index (χ2v) is 0.885. The Balaban J connectivity index is 0.000000250. The Hall–Kier alpha value is 0.540. The van der Waals surface area contributed by atoms with Gasteiger partial charge in [-0.3, -0.25) is 0 Å². The zero-order chi connectivity index (χ0) is 3.54. The molecule has 6 heavy (non-hydrogen) atoms. The standard InChI is InChI=1S/C4H5N.Ar/c1-2-4-5-3-1;/h1-5H;. The summed E-state index contributed by atoms with van der Waals surface area (Å²) >= 11 is 0. The summed E-state index contributed by atoms with van der Waals surface area (Å²) in [6, 6.07) is 3.89. The van der Waals surface area contributed by atoms with E-state index in [0.717, 1.165) is 0 Å². The van der Waals surface area contributed by atoms with Crippen molar-refractivity contribution in [3.05, 3.63) is 24.5 Å². The monoisotopic (exact) mass is 107 g/mol. The average Bonchev–Trinajstić information content (AvgIpc) is 1.76. The fourth-order valence-electron chi connectivity index (χ4n) is 0.278. The number of hydrogen-bond donors (Lipinski definition) is 1. The van der Waals surface area contributed by atoms with E-state index in [9.17, 15) is 0 Å². The first-order valence-corrected chi connectivity index (χ1v) is 1.58. The Morgan fingerprint density at radius 2 is 1.50 bits per heavy atom. The second-order valence-electron chi connectivity index (χ2n) is 0.885.